The van der Waals surface area contributed by atoms with Crippen LogP contribution in [-0.4, -0.2) is 29.1 Å². The van der Waals surface area contributed by atoms with Crippen molar-refractivity contribution in [3.63, 3.8) is 0 Å². The van der Waals surface area contributed by atoms with Crippen molar-refractivity contribution in [3.05, 3.63) is 23.6 Å². The highest BCUT2D eigenvalue weighted by atomic mass is 19.2. The minimum atomic E-state index is -2.78. The molecule has 2 atom stereocenters. The minimum absolute atomic E-state index is 0.245. The van der Waals surface area contributed by atoms with Crippen molar-refractivity contribution in [1.29, 1.82) is 0 Å². The Bertz CT molecular complexity index is 327. The van der Waals surface area contributed by atoms with Crippen LogP contribution in [0.1, 0.15) is 12.8 Å². The molecule has 0 heterocycles. The summed E-state index contributed by atoms with van der Waals surface area (Å²) >= 11 is 0. The molecule has 0 aromatic rings. The van der Waals surface area contributed by atoms with Crippen molar-refractivity contribution in [3.8, 4) is 0 Å². The van der Waals surface area contributed by atoms with Gasteiger partial charge in [0.15, 0.2) is 23.1 Å². The summed E-state index contributed by atoms with van der Waals surface area (Å²) in [4.78, 5) is 0. The van der Waals surface area contributed by atoms with E-state index in [1.807, 2.05) is 0 Å². The number of allylic oxidation sites excluding steroid dienone is 4. The predicted octanol–water partition coefficient (Wildman–Crippen LogP) is 2.09. The van der Waals surface area contributed by atoms with E-state index >= 15 is 0 Å². The highest BCUT2D eigenvalue weighted by Gasteiger charge is 2.47. The molecule has 0 radical (unpaired) electrons. The first-order valence-electron chi connectivity index (χ1n) is 4.81. The quantitative estimate of drug-likeness (QED) is 0.739. The van der Waals surface area contributed by atoms with Gasteiger partial charge in [-0.15, -0.1) is 0 Å². The van der Waals surface area contributed by atoms with Gasteiger partial charge in [-0.2, -0.15) is 0 Å². The van der Waals surface area contributed by atoms with E-state index in [2.05, 4.69) is 0 Å². The summed E-state index contributed by atoms with van der Waals surface area (Å²) in [5.41, 5.74) is -2.78. The molecular weight excluding hydrogens is 228 g/mol. The fraction of sp³-hybridized carbons (Fsp3) is 0.600. The van der Waals surface area contributed by atoms with Gasteiger partial charge >= 0.3 is 0 Å². The molecule has 0 aliphatic heterocycles. The molecule has 0 saturated carbocycles. The van der Waals surface area contributed by atoms with E-state index in [0.29, 0.717) is 6.08 Å². The lowest BCUT2D eigenvalue weighted by molar-refractivity contribution is 0.0609. The van der Waals surface area contributed by atoms with E-state index in [1.54, 1.807) is 0 Å². The summed E-state index contributed by atoms with van der Waals surface area (Å²) in [7, 11) is 0. The number of alkyl halides is 1. The summed E-state index contributed by atoms with van der Waals surface area (Å²) in [5.74, 6) is -6.50. The molecule has 2 nitrogen and oxygen atoms in total. The van der Waals surface area contributed by atoms with Crippen LogP contribution >= 0.6 is 0 Å². The molecule has 0 spiro atoms. The summed E-state index contributed by atoms with van der Waals surface area (Å²) in [5, 5.41) is 17.3. The Kier molecular flexibility index (Phi) is 4.09. The third-order valence-corrected chi connectivity index (χ3v) is 2.62. The fourth-order valence-electron chi connectivity index (χ4n) is 1.74. The Balaban J connectivity index is 3.10. The van der Waals surface area contributed by atoms with E-state index in [4.69, 9.17) is 10.2 Å². The maximum Gasteiger partial charge on any atom is 0.193 e. The number of rotatable bonds is 4. The topological polar surface area (TPSA) is 40.5 Å². The van der Waals surface area contributed by atoms with Gasteiger partial charge in [-0.05, 0) is 12.5 Å². The van der Waals surface area contributed by atoms with Gasteiger partial charge in [0.25, 0.3) is 0 Å². The van der Waals surface area contributed by atoms with Crippen LogP contribution < -0.4 is 0 Å². The second-order valence-corrected chi connectivity index (χ2v) is 3.60. The van der Waals surface area contributed by atoms with Crippen molar-refractivity contribution in [2.75, 3.05) is 13.2 Å². The normalized spacial score (nSPS) is 30.6. The lowest BCUT2D eigenvalue weighted by atomic mass is 9.79. The SMILES string of the molecule is OCCC1C=C(F)C(F)=C(F)C1(F)CCO. The molecule has 0 aromatic heterocycles. The molecule has 92 valence electrons. The standard InChI is InChI=1S/C10H12F4O2/c11-7-5-6(1-3-15)10(14,2-4-16)9(13)8(7)12/h5-6,15-16H,1-4H2. The summed E-state index contributed by atoms with van der Waals surface area (Å²) in [6, 6.07) is 0. The summed E-state index contributed by atoms with van der Waals surface area (Å²) in [6.07, 6.45) is -0.324. The van der Waals surface area contributed by atoms with Crippen LogP contribution in [0.15, 0.2) is 23.6 Å². The van der Waals surface area contributed by atoms with E-state index in [9.17, 15) is 17.6 Å². The Morgan fingerprint density at radius 3 is 2.31 bits per heavy atom. The second kappa shape index (κ2) is 4.97. The molecule has 0 bridgehead atoms. The average Bonchev–Trinajstić information content (AvgIpc) is 2.24. The summed E-state index contributed by atoms with van der Waals surface area (Å²) < 4.78 is 53.1. The molecular formula is C10H12F4O2. The van der Waals surface area contributed by atoms with Crippen LogP contribution in [-0.2, 0) is 0 Å². The Morgan fingerprint density at radius 2 is 1.81 bits per heavy atom. The van der Waals surface area contributed by atoms with E-state index in [1.165, 1.54) is 0 Å². The number of hydrogen-bond donors (Lipinski definition) is 2. The first-order chi connectivity index (χ1) is 7.47. The third-order valence-electron chi connectivity index (χ3n) is 2.62. The van der Waals surface area contributed by atoms with Crippen LogP contribution in [0.5, 0.6) is 0 Å². The Labute approximate surface area is 89.9 Å². The fourth-order valence-corrected chi connectivity index (χ4v) is 1.74. The molecule has 0 fully saturated rings. The van der Waals surface area contributed by atoms with Crippen LogP contribution in [0, 0.1) is 5.92 Å². The van der Waals surface area contributed by atoms with Gasteiger partial charge < -0.3 is 10.2 Å². The highest BCUT2D eigenvalue weighted by molar-refractivity contribution is 5.35. The zero-order chi connectivity index (χ0) is 12.3. The Hall–Kier alpha value is -0.880. The molecule has 2 N–H and O–H groups in total. The first kappa shape index (κ1) is 13.2. The maximum absolute atomic E-state index is 14.1. The Morgan fingerprint density at radius 1 is 1.19 bits per heavy atom. The van der Waals surface area contributed by atoms with Crippen molar-refractivity contribution < 1.29 is 27.8 Å². The van der Waals surface area contributed by atoms with Gasteiger partial charge in [0, 0.05) is 25.6 Å². The molecule has 1 aliphatic rings. The van der Waals surface area contributed by atoms with Gasteiger partial charge in [0.2, 0.25) is 0 Å². The molecule has 16 heavy (non-hydrogen) atoms. The molecule has 0 saturated heterocycles. The van der Waals surface area contributed by atoms with Gasteiger partial charge in [-0.3, -0.25) is 0 Å². The van der Waals surface area contributed by atoms with Gasteiger partial charge in [-0.25, -0.2) is 17.6 Å². The lowest BCUT2D eigenvalue weighted by Gasteiger charge is -2.32. The number of hydrogen-bond acceptors (Lipinski definition) is 2. The van der Waals surface area contributed by atoms with Gasteiger partial charge in [-0.1, -0.05) is 0 Å². The molecule has 6 heteroatoms. The van der Waals surface area contributed by atoms with Crippen molar-refractivity contribution in [2.45, 2.75) is 18.5 Å². The monoisotopic (exact) mass is 240 g/mol. The lowest BCUT2D eigenvalue weighted by Crippen LogP contribution is -2.37. The first-order valence-corrected chi connectivity index (χ1v) is 4.81. The largest absolute Gasteiger partial charge is 0.396 e. The second-order valence-electron chi connectivity index (χ2n) is 3.60. The van der Waals surface area contributed by atoms with Gasteiger partial charge in [0.1, 0.15) is 0 Å². The van der Waals surface area contributed by atoms with Crippen molar-refractivity contribution in [1.82, 2.24) is 0 Å². The van der Waals surface area contributed by atoms with E-state index < -0.39 is 48.7 Å². The van der Waals surface area contributed by atoms with E-state index in [-0.39, 0.29) is 6.42 Å². The number of aliphatic hydroxyl groups excluding tert-OH is 2. The van der Waals surface area contributed by atoms with Crippen LogP contribution in [0.25, 0.3) is 0 Å². The van der Waals surface area contributed by atoms with Crippen molar-refractivity contribution >= 4 is 0 Å². The highest BCUT2D eigenvalue weighted by Crippen LogP contribution is 2.45. The van der Waals surface area contributed by atoms with Gasteiger partial charge in [0.05, 0.1) is 0 Å². The zero-order valence-electron chi connectivity index (χ0n) is 8.39. The minimum Gasteiger partial charge on any atom is -0.396 e. The molecule has 1 rings (SSSR count). The number of aliphatic hydroxyl groups is 2. The number of halogens is 4. The van der Waals surface area contributed by atoms with Crippen LogP contribution in [0.4, 0.5) is 17.6 Å². The van der Waals surface area contributed by atoms with Crippen molar-refractivity contribution in [2.24, 2.45) is 5.92 Å². The summed E-state index contributed by atoms with van der Waals surface area (Å²) in [6.45, 7) is -1.19. The maximum atomic E-state index is 14.1. The van der Waals surface area contributed by atoms with E-state index in [0.717, 1.165) is 0 Å². The molecule has 0 amide bonds. The molecule has 2 unspecified atom stereocenters. The molecule has 0 aromatic carbocycles. The molecule has 1 aliphatic carbocycles. The average molecular weight is 240 g/mol. The van der Waals surface area contributed by atoms with Crippen LogP contribution in [0.3, 0.4) is 0 Å². The third kappa shape index (κ3) is 2.12. The zero-order valence-corrected chi connectivity index (χ0v) is 8.39. The van der Waals surface area contributed by atoms with Crippen LogP contribution in [0.2, 0.25) is 0 Å². The predicted molar refractivity (Wildman–Crippen MR) is 49.2 cm³/mol. The smallest absolute Gasteiger partial charge is 0.193 e.